The second-order valence-corrected chi connectivity index (χ2v) is 5.13. The Hall–Kier alpha value is -1.51. The minimum atomic E-state index is -0.927. The van der Waals surface area contributed by atoms with E-state index in [4.69, 9.17) is 9.84 Å². The van der Waals surface area contributed by atoms with E-state index in [1.807, 2.05) is 12.1 Å². The SMILES string of the molecule is CC[C@@H]1Cc2c(cccc2OCC(=O)O)C[C@@H]1C. The van der Waals surface area contributed by atoms with Gasteiger partial charge in [-0.2, -0.15) is 0 Å². The van der Waals surface area contributed by atoms with Gasteiger partial charge in [-0.25, -0.2) is 4.79 Å². The molecule has 1 aliphatic carbocycles. The molecule has 0 heterocycles. The largest absolute Gasteiger partial charge is 0.482 e. The van der Waals surface area contributed by atoms with E-state index < -0.39 is 5.97 Å². The highest BCUT2D eigenvalue weighted by Gasteiger charge is 2.26. The highest BCUT2D eigenvalue weighted by atomic mass is 16.5. The molecule has 3 nitrogen and oxygen atoms in total. The van der Waals surface area contributed by atoms with Gasteiger partial charge in [0, 0.05) is 0 Å². The Balaban J connectivity index is 2.23. The molecule has 1 aliphatic rings. The molecule has 2 atom stereocenters. The molecule has 98 valence electrons. The molecule has 1 aromatic rings. The van der Waals surface area contributed by atoms with Crippen LogP contribution in [0.1, 0.15) is 31.4 Å². The zero-order valence-corrected chi connectivity index (χ0v) is 11.0. The highest BCUT2D eigenvalue weighted by Crippen LogP contribution is 2.36. The minimum Gasteiger partial charge on any atom is -0.482 e. The smallest absolute Gasteiger partial charge is 0.341 e. The number of carboxylic acids is 1. The number of carbonyl (C=O) groups is 1. The monoisotopic (exact) mass is 248 g/mol. The number of hydrogen-bond acceptors (Lipinski definition) is 2. The lowest BCUT2D eigenvalue weighted by Crippen LogP contribution is -2.23. The van der Waals surface area contributed by atoms with Crippen LogP contribution in [0.5, 0.6) is 5.75 Å². The van der Waals surface area contributed by atoms with E-state index in [-0.39, 0.29) is 6.61 Å². The van der Waals surface area contributed by atoms with Crippen molar-refractivity contribution in [1.82, 2.24) is 0 Å². The first-order valence-corrected chi connectivity index (χ1v) is 6.57. The molecule has 1 aromatic carbocycles. The van der Waals surface area contributed by atoms with Crippen LogP contribution in [-0.4, -0.2) is 17.7 Å². The van der Waals surface area contributed by atoms with Crippen molar-refractivity contribution in [2.24, 2.45) is 11.8 Å². The molecule has 0 fully saturated rings. The molecule has 0 bridgehead atoms. The fraction of sp³-hybridized carbons (Fsp3) is 0.533. The maximum atomic E-state index is 10.6. The highest BCUT2D eigenvalue weighted by molar-refractivity contribution is 5.68. The van der Waals surface area contributed by atoms with Gasteiger partial charge in [-0.3, -0.25) is 0 Å². The summed E-state index contributed by atoms with van der Waals surface area (Å²) >= 11 is 0. The van der Waals surface area contributed by atoms with Gasteiger partial charge in [0.25, 0.3) is 0 Å². The van der Waals surface area contributed by atoms with E-state index in [0.29, 0.717) is 11.8 Å². The van der Waals surface area contributed by atoms with Crippen LogP contribution < -0.4 is 4.74 Å². The summed E-state index contributed by atoms with van der Waals surface area (Å²) in [7, 11) is 0. The first-order chi connectivity index (χ1) is 8.61. The van der Waals surface area contributed by atoms with Crippen LogP contribution in [0.2, 0.25) is 0 Å². The second kappa shape index (κ2) is 5.42. The van der Waals surface area contributed by atoms with Gasteiger partial charge in [-0.05, 0) is 41.9 Å². The number of rotatable bonds is 4. The van der Waals surface area contributed by atoms with E-state index in [1.54, 1.807) is 0 Å². The third-order valence-electron chi connectivity index (χ3n) is 3.92. The van der Waals surface area contributed by atoms with Gasteiger partial charge in [0.15, 0.2) is 6.61 Å². The number of hydrogen-bond donors (Lipinski definition) is 1. The average molecular weight is 248 g/mol. The summed E-state index contributed by atoms with van der Waals surface area (Å²) in [6.45, 7) is 4.25. The zero-order valence-electron chi connectivity index (χ0n) is 11.0. The standard InChI is InChI=1S/C15H20O3/c1-3-11-8-13-12(7-10(11)2)5-4-6-14(13)18-9-15(16)17/h4-6,10-11H,3,7-9H2,1-2H3,(H,16,17)/t10-,11+/m0/s1. The fourth-order valence-corrected chi connectivity index (χ4v) is 2.83. The molecule has 0 aliphatic heterocycles. The topological polar surface area (TPSA) is 46.5 Å². The number of fused-ring (bicyclic) bond motifs is 1. The third-order valence-corrected chi connectivity index (χ3v) is 3.92. The van der Waals surface area contributed by atoms with E-state index >= 15 is 0 Å². The number of benzene rings is 1. The van der Waals surface area contributed by atoms with Crippen molar-refractivity contribution in [2.45, 2.75) is 33.1 Å². The molecule has 0 saturated carbocycles. The summed E-state index contributed by atoms with van der Waals surface area (Å²) in [5, 5.41) is 8.69. The quantitative estimate of drug-likeness (QED) is 0.891. The molecule has 0 spiro atoms. The van der Waals surface area contributed by atoms with Crippen LogP contribution in [0.15, 0.2) is 18.2 Å². The van der Waals surface area contributed by atoms with Gasteiger partial charge < -0.3 is 9.84 Å². The van der Waals surface area contributed by atoms with Gasteiger partial charge in [0.1, 0.15) is 5.75 Å². The normalized spacial score (nSPS) is 22.3. The van der Waals surface area contributed by atoms with Gasteiger partial charge in [0.2, 0.25) is 0 Å². The van der Waals surface area contributed by atoms with Crippen molar-refractivity contribution < 1.29 is 14.6 Å². The summed E-state index contributed by atoms with van der Waals surface area (Å²) in [6.07, 6.45) is 3.23. The molecule has 0 saturated heterocycles. The number of ether oxygens (including phenoxy) is 1. The third kappa shape index (κ3) is 2.66. The van der Waals surface area contributed by atoms with Crippen LogP contribution in [0.3, 0.4) is 0 Å². The van der Waals surface area contributed by atoms with Crippen molar-refractivity contribution >= 4 is 5.97 Å². The second-order valence-electron chi connectivity index (χ2n) is 5.13. The first-order valence-electron chi connectivity index (χ1n) is 6.57. The maximum absolute atomic E-state index is 10.6. The predicted molar refractivity (Wildman–Crippen MR) is 69.9 cm³/mol. The number of carboxylic acid groups (broad SMARTS) is 1. The summed E-state index contributed by atoms with van der Waals surface area (Å²) in [6, 6.07) is 5.96. The van der Waals surface area contributed by atoms with Crippen LogP contribution in [0.25, 0.3) is 0 Å². The van der Waals surface area contributed by atoms with Gasteiger partial charge in [-0.15, -0.1) is 0 Å². The molecule has 0 radical (unpaired) electrons. The van der Waals surface area contributed by atoms with Gasteiger partial charge in [0.05, 0.1) is 0 Å². The predicted octanol–water partition coefficient (Wildman–Crippen LogP) is 2.91. The van der Waals surface area contributed by atoms with Crippen molar-refractivity contribution in [3.63, 3.8) is 0 Å². The van der Waals surface area contributed by atoms with Crippen molar-refractivity contribution in [3.05, 3.63) is 29.3 Å². The molecular formula is C15H20O3. The lowest BCUT2D eigenvalue weighted by molar-refractivity contribution is -0.139. The number of aliphatic carboxylic acids is 1. The lowest BCUT2D eigenvalue weighted by Gasteiger charge is -2.31. The summed E-state index contributed by atoms with van der Waals surface area (Å²) in [5.74, 6) is 1.19. The molecule has 18 heavy (non-hydrogen) atoms. The molecular weight excluding hydrogens is 228 g/mol. The maximum Gasteiger partial charge on any atom is 0.341 e. The van der Waals surface area contributed by atoms with Gasteiger partial charge in [-0.1, -0.05) is 32.4 Å². The van der Waals surface area contributed by atoms with E-state index in [9.17, 15) is 4.79 Å². The Morgan fingerprint density at radius 1 is 1.44 bits per heavy atom. The average Bonchev–Trinajstić information content (AvgIpc) is 2.35. The van der Waals surface area contributed by atoms with Crippen molar-refractivity contribution in [3.8, 4) is 5.75 Å². The first kappa shape index (κ1) is 12.9. The Morgan fingerprint density at radius 3 is 2.89 bits per heavy atom. The Morgan fingerprint density at radius 2 is 2.22 bits per heavy atom. The molecule has 0 aromatic heterocycles. The Bertz CT molecular complexity index is 439. The van der Waals surface area contributed by atoms with E-state index in [1.165, 1.54) is 11.1 Å². The summed E-state index contributed by atoms with van der Waals surface area (Å²) < 4.78 is 5.39. The lowest BCUT2D eigenvalue weighted by atomic mass is 9.75. The van der Waals surface area contributed by atoms with Crippen LogP contribution in [-0.2, 0) is 17.6 Å². The summed E-state index contributed by atoms with van der Waals surface area (Å²) in [5.41, 5.74) is 2.53. The summed E-state index contributed by atoms with van der Waals surface area (Å²) in [4.78, 5) is 10.6. The van der Waals surface area contributed by atoms with Crippen LogP contribution >= 0.6 is 0 Å². The zero-order chi connectivity index (χ0) is 13.1. The van der Waals surface area contributed by atoms with Gasteiger partial charge >= 0.3 is 5.97 Å². The Kier molecular flexibility index (Phi) is 3.90. The van der Waals surface area contributed by atoms with Crippen LogP contribution in [0.4, 0.5) is 0 Å². The van der Waals surface area contributed by atoms with E-state index in [0.717, 1.165) is 25.0 Å². The molecule has 1 N–H and O–H groups in total. The molecule has 3 heteroatoms. The van der Waals surface area contributed by atoms with Crippen molar-refractivity contribution in [2.75, 3.05) is 6.61 Å². The van der Waals surface area contributed by atoms with Crippen molar-refractivity contribution in [1.29, 1.82) is 0 Å². The fourth-order valence-electron chi connectivity index (χ4n) is 2.83. The molecule has 0 amide bonds. The minimum absolute atomic E-state index is 0.261. The Labute approximate surface area is 108 Å². The molecule has 2 rings (SSSR count). The van der Waals surface area contributed by atoms with Crippen LogP contribution in [0, 0.1) is 11.8 Å². The van der Waals surface area contributed by atoms with E-state index in [2.05, 4.69) is 19.9 Å². The molecule has 0 unspecified atom stereocenters.